The molecule has 1 aliphatic heterocycles. The monoisotopic (exact) mass is 245 g/mol. The van der Waals surface area contributed by atoms with Gasteiger partial charge in [0.05, 0.1) is 6.20 Å². The zero-order valence-electron chi connectivity index (χ0n) is 10.7. The summed E-state index contributed by atoms with van der Waals surface area (Å²) in [6.45, 7) is 2.12. The predicted molar refractivity (Wildman–Crippen MR) is 71.9 cm³/mol. The van der Waals surface area contributed by atoms with Crippen molar-refractivity contribution in [1.82, 2.24) is 19.9 Å². The summed E-state index contributed by atoms with van der Waals surface area (Å²) < 4.78 is 1.81. The van der Waals surface area contributed by atoms with Gasteiger partial charge in [-0.15, -0.1) is 0 Å². The van der Waals surface area contributed by atoms with Gasteiger partial charge in [0.25, 0.3) is 0 Å². The third kappa shape index (κ3) is 2.06. The minimum atomic E-state index is 0.557. The van der Waals surface area contributed by atoms with Crippen LogP contribution >= 0.6 is 0 Å². The molecule has 1 atom stereocenters. The first-order valence-corrected chi connectivity index (χ1v) is 6.60. The highest BCUT2D eigenvalue weighted by atomic mass is 15.3. The topological polar surface area (TPSA) is 45.5 Å². The zero-order chi connectivity index (χ0) is 12.4. The third-order valence-electron chi connectivity index (χ3n) is 3.60. The Morgan fingerprint density at radius 3 is 3.22 bits per heavy atom. The van der Waals surface area contributed by atoms with Gasteiger partial charge in [-0.3, -0.25) is 0 Å². The Morgan fingerprint density at radius 1 is 1.39 bits per heavy atom. The third-order valence-corrected chi connectivity index (χ3v) is 3.60. The van der Waals surface area contributed by atoms with E-state index < -0.39 is 0 Å². The Morgan fingerprint density at radius 2 is 2.33 bits per heavy atom. The van der Waals surface area contributed by atoms with Gasteiger partial charge < -0.3 is 10.2 Å². The number of anilines is 1. The van der Waals surface area contributed by atoms with Crippen molar-refractivity contribution in [2.45, 2.75) is 25.3 Å². The van der Waals surface area contributed by atoms with E-state index in [1.54, 1.807) is 10.7 Å². The molecule has 0 aliphatic carbocycles. The first-order chi connectivity index (χ1) is 8.88. The van der Waals surface area contributed by atoms with Crippen molar-refractivity contribution in [3.05, 3.63) is 24.5 Å². The highest BCUT2D eigenvalue weighted by Gasteiger charge is 2.23. The van der Waals surface area contributed by atoms with E-state index in [2.05, 4.69) is 26.4 Å². The van der Waals surface area contributed by atoms with Crippen LogP contribution in [0.25, 0.3) is 5.65 Å². The molecular formula is C13H19N5. The van der Waals surface area contributed by atoms with E-state index in [9.17, 15) is 0 Å². The molecule has 5 heteroatoms. The predicted octanol–water partition coefficient (Wildman–Crippen LogP) is 1.31. The molecule has 0 radical (unpaired) electrons. The van der Waals surface area contributed by atoms with Crippen molar-refractivity contribution in [2.75, 3.05) is 25.0 Å². The Labute approximate surface area is 107 Å². The molecule has 0 saturated carbocycles. The lowest BCUT2D eigenvalue weighted by Crippen LogP contribution is -2.45. The van der Waals surface area contributed by atoms with Crippen molar-refractivity contribution in [1.29, 1.82) is 0 Å². The number of hydrogen-bond donors (Lipinski definition) is 1. The number of nitrogens with one attached hydrogen (secondary N) is 1. The number of likely N-dealkylation sites (N-methyl/N-ethyl adjacent to an activating group) is 1. The molecule has 0 bridgehead atoms. The van der Waals surface area contributed by atoms with Crippen LogP contribution in [0, 0.1) is 0 Å². The van der Waals surface area contributed by atoms with Gasteiger partial charge in [0.15, 0.2) is 5.65 Å². The van der Waals surface area contributed by atoms with Crippen LogP contribution in [0.2, 0.25) is 0 Å². The molecule has 5 nitrogen and oxygen atoms in total. The fourth-order valence-corrected chi connectivity index (χ4v) is 2.71. The summed E-state index contributed by atoms with van der Waals surface area (Å²) in [6.07, 6.45) is 7.59. The van der Waals surface area contributed by atoms with Gasteiger partial charge in [-0.2, -0.15) is 5.10 Å². The van der Waals surface area contributed by atoms with Crippen LogP contribution in [-0.2, 0) is 0 Å². The Balaban J connectivity index is 1.90. The average Bonchev–Trinajstić information content (AvgIpc) is 2.87. The second-order valence-electron chi connectivity index (χ2n) is 4.82. The number of fused-ring (bicyclic) bond motifs is 1. The molecule has 2 aromatic heterocycles. The van der Waals surface area contributed by atoms with E-state index in [1.807, 2.05) is 19.3 Å². The largest absolute Gasteiger partial charge is 0.352 e. The van der Waals surface area contributed by atoms with Crippen LogP contribution in [0.1, 0.15) is 19.3 Å². The summed E-state index contributed by atoms with van der Waals surface area (Å²) in [4.78, 5) is 7.11. The van der Waals surface area contributed by atoms with Gasteiger partial charge in [0.1, 0.15) is 5.82 Å². The molecule has 1 unspecified atom stereocenters. The summed E-state index contributed by atoms with van der Waals surface area (Å²) in [5.41, 5.74) is 0.918. The highest BCUT2D eigenvalue weighted by Crippen LogP contribution is 2.23. The van der Waals surface area contributed by atoms with Crippen molar-refractivity contribution in [2.24, 2.45) is 0 Å². The van der Waals surface area contributed by atoms with Crippen LogP contribution in [0.5, 0.6) is 0 Å². The molecule has 1 aliphatic rings. The van der Waals surface area contributed by atoms with Gasteiger partial charge in [-0.1, -0.05) is 0 Å². The maximum Gasteiger partial charge on any atom is 0.157 e. The molecule has 0 aromatic carbocycles. The van der Waals surface area contributed by atoms with Crippen LogP contribution < -0.4 is 10.2 Å². The fraction of sp³-hybridized carbons (Fsp3) is 0.538. The maximum absolute atomic E-state index is 4.69. The molecular weight excluding hydrogens is 226 g/mol. The molecule has 0 amide bonds. The highest BCUT2D eigenvalue weighted by molar-refractivity contribution is 5.48. The summed E-state index contributed by atoms with van der Waals surface area (Å²) in [5.74, 6) is 1.07. The molecule has 3 rings (SSSR count). The Kier molecular flexibility index (Phi) is 3.15. The lowest BCUT2D eigenvalue weighted by molar-refractivity contribution is 0.443. The van der Waals surface area contributed by atoms with Crippen LogP contribution in [0.4, 0.5) is 5.82 Å². The zero-order valence-corrected chi connectivity index (χ0v) is 10.7. The Hall–Kier alpha value is -1.62. The standard InChI is InChI=1S/C13H19N5/c1-14-10-11-4-2-3-8-17(11)12-6-9-18-13(16-12)5-7-15-18/h5-7,9,11,14H,2-4,8,10H2,1H3. The van der Waals surface area contributed by atoms with Gasteiger partial charge in [-0.25, -0.2) is 9.50 Å². The maximum atomic E-state index is 4.69. The molecule has 0 spiro atoms. The number of aromatic nitrogens is 3. The lowest BCUT2D eigenvalue weighted by atomic mass is 10.0. The van der Waals surface area contributed by atoms with Crippen molar-refractivity contribution < 1.29 is 0 Å². The molecule has 1 saturated heterocycles. The molecule has 2 aromatic rings. The summed E-state index contributed by atoms with van der Waals surface area (Å²) in [5, 5.41) is 7.47. The van der Waals surface area contributed by atoms with E-state index >= 15 is 0 Å². The first-order valence-electron chi connectivity index (χ1n) is 6.60. The van der Waals surface area contributed by atoms with Crippen molar-refractivity contribution >= 4 is 11.5 Å². The summed E-state index contributed by atoms with van der Waals surface area (Å²) in [7, 11) is 2.01. The van der Waals surface area contributed by atoms with Crippen LogP contribution in [0.15, 0.2) is 24.5 Å². The molecule has 1 fully saturated rings. The van der Waals surface area contributed by atoms with Gasteiger partial charge >= 0.3 is 0 Å². The van der Waals surface area contributed by atoms with E-state index in [0.717, 1.165) is 24.6 Å². The van der Waals surface area contributed by atoms with E-state index in [4.69, 9.17) is 0 Å². The SMILES string of the molecule is CNCC1CCCCN1c1ccn2nccc2n1. The second kappa shape index (κ2) is 4.94. The quantitative estimate of drug-likeness (QED) is 0.885. The normalized spacial score (nSPS) is 20.5. The minimum absolute atomic E-state index is 0.557. The number of rotatable bonds is 3. The number of piperidine rings is 1. The molecule has 1 N–H and O–H groups in total. The van der Waals surface area contributed by atoms with E-state index in [-0.39, 0.29) is 0 Å². The molecule has 3 heterocycles. The minimum Gasteiger partial charge on any atom is -0.352 e. The molecule has 96 valence electrons. The van der Waals surface area contributed by atoms with Gasteiger partial charge in [0.2, 0.25) is 0 Å². The van der Waals surface area contributed by atoms with Gasteiger partial charge in [-0.05, 0) is 32.4 Å². The lowest BCUT2D eigenvalue weighted by Gasteiger charge is -2.36. The fourth-order valence-electron chi connectivity index (χ4n) is 2.71. The summed E-state index contributed by atoms with van der Waals surface area (Å²) in [6, 6.07) is 4.57. The summed E-state index contributed by atoms with van der Waals surface area (Å²) >= 11 is 0. The van der Waals surface area contributed by atoms with Crippen molar-refractivity contribution in [3.8, 4) is 0 Å². The van der Waals surface area contributed by atoms with Gasteiger partial charge in [0, 0.05) is 31.4 Å². The molecule has 18 heavy (non-hydrogen) atoms. The van der Waals surface area contributed by atoms with E-state index in [1.165, 1.54) is 19.3 Å². The first kappa shape index (κ1) is 11.5. The van der Waals surface area contributed by atoms with Crippen molar-refractivity contribution in [3.63, 3.8) is 0 Å². The van der Waals surface area contributed by atoms with Crippen LogP contribution in [0.3, 0.4) is 0 Å². The van der Waals surface area contributed by atoms with Crippen LogP contribution in [-0.4, -0.2) is 40.8 Å². The Bertz CT molecular complexity index is 519. The second-order valence-corrected chi connectivity index (χ2v) is 4.82. The smallest absolute Gasteiger partial charge is 0.157 e. The number of nitrogens with zero attached hydrogens (tertiary/aromatic N) is 4. The van der Waals surface area contributed by atoms with E-state index in [0.29, 0.717) is 6.04 Å². The number of hydrogen-bond acceptors (Lipinski definition) is 4. The average molecular weight is 245 g/mol.